The van der Waals surface area contributed by atoms with Crippen molar-refractivity contribution in [2.24, 2.45) is 4.99 Å². The maximum atomic E-state index is 13.5. The summed E-state index contributed by atoms with van der Waals surface area (Å²) in [5.41, 5.74) is 2.08. The second-order valence-corrected chi connectivity index (χ2v) is 7.25. The zero-order valence-corrected chi connectivity index (χ0v) is 16.0. The molecule has 4 nitrogen and oxygen atoms in total. The van der Waals surface area contributed by atoms with Gasteiger partial charge in [-0.1, -0.05) is 36.0 Å². The molecule has 0 unspecified atom stereocenters. The van der Waals surface area contributed by atoms with E-state index in [4.69, 9.17) is 9.73 Å². The highest BCUT2D eigenvalue weighted by Crippen LogP contribution is 2.34. The van der Waals surface area contributed by atoms with Gasteiger partial charge in [-0.15, -0.1) is 0 Å². The van der Waals surface area contributed by atoms with Gasteiger partial charge in [0.05, 0.1) is 19.0 Å². The number of nitrogens with zero attached hydrogens (tertiary/aromatic N) is 3. The number of halogens is 1. The summed E-state index contributed by atoms with van der Waals surface area (Å²) in [5, 5.41) is 3.06. The third-order valence-corrected chi connectivity index (χ3v) is 5.52. The lowest BCUT2D eigenvalue weighted by molar-refractivity contribution is 0.259. The summed E-state index contributed by atoms with van der Waals surface area (Å²) in [7, 11) is 1.60. The smallest absolute Gasteiger partial charge is 0.213 e. The van der Waals surface area contributed by atoms with Crippen LogP contribution >= 0.6 is 11.8 Å². The van der Waals surface area contributed by atoms with Crippen molar-refractivity contribution in [2.75, 3.05) is 26.5 Å². The Bertz CT molecular complexity index is 984. The first-order valence-electron chi connectivity index (χ1n) is 8.74. The van der Waals surface area contributed by atoms with Crippen LogP contribution in [0.1, 0.15) is 11.5 Å². The van der Waals surface area contributed by atoms with Crippen LogP contribution in [-0.4, -0.2) is 41.5 Å². The monoisotopic (exact) mass is 381 g/mol. The van der Waals surface area contributed by atoms with Crippen LogP contribution in [-0.2, 0) is 0 Å². The molecule has 4 rings (SSSR count). The molecule has 0 amide bonds. The van der Waals surface area contributed by atoms with Crippen LogP contribution in [0.5, 0.6) is 5.88 Å². The van der Waals surface area contributed by atoms with E-state index in [1.807, 2.05) is 36.6 Å². The molecular formula is C21H20FN3OS. The highest BCUT2D eigenvalue weighted by Gasteiger charge is 2.31. The Hall–Kier alpha value is -2.60. The fraction of sp³-hybridized carbons (Fsp3) is 0.238. The van der Waals surface area contributed by atoms with E-state index in [2.05, 4.69) is 16.0 Å². The maximum Gasteiger partial charge on any atom is 0.213 e. The quantitative estimate of drug-likeness (QED) is 0.481. The molecule has 1 fully saturated rings. The van der Waals surface area contributed by atoms with Crippen molar-refractivity contribution in [3.8, 4) is 5.88 Å². The van der Waals surface area contributed by atoms with E-state index in [1.165, 1.54) is 11.6 Å². The lowest BCUT2D eigenvalue weighted by atomic mass is 9.88. The number of thioether (sulfide) groups is 1. The number of aliphatic imine (C=N–C) groups is 1. The van der Waals surface area contributed by atoms with Crippen molar-refractivity contribution < 1.29 is 9.13 Å². The molecule has 2 aromatic carbocycles. The molecule has 0 saturated carbocycles. The van der Waals surface area contributed by atoms with Gasteiger partial charge < -0.3 is 9.64 Å². The van der Waals surface area contributed by atoms with Gasteiger partial charge in [0, 0.05) is 25.1 Å². The van der Waals surface area contributed by atoms with Crippen LogP contribution in [0.25, 0.3) is 10.8 Å². The number of rotatable bonds is 3. The van der Waals surface area contributed by atoms with E-state index in [-0.39, 0.29) is 5.82 Å². The molecule has 0 spiro atoms. The summed E-state index contributed by atoms with van der Waals surface area (Å²) in [6.45, 7) is 1.81. The van der Waals surface area contributed by atoms with E-state index in [9.17, 15) is 4.39 Å². The van der Waals surface area contributed by atoms with Crippen molar-refractivity contribution >= 4 is 33.4 Å². The standard InChI is InChI=1S/C21H20FN3OS/c1-26-20-9-7-17(11-23-20)24-21(27-2)25-12-15(13-25)18-5-3-4-14-10-16(22)6-8-19(14)18/h3-11,15H,12-13H2,1-2H3/b24-21+. The number of fused-ring (bicyclic) bond motifs is 1. The van der Waals surface area contributed by atoms with Gasteiger partial charge in [0.1, 0.15) is 5.82 Å². The molecule has 138 valence electrons. The SMILES string of the molecule is COc1ccc(/N=C(/SC)N2CC(c3cccc4cc(F)ccc34)C2)cn1. The van der Waals surface area contributed by atoms with Crippen molar-refractivity contribution in [1.82, 2.24) is 9.88 Å². The number of aromatic nitrogens is 1. The lowest BCUT2D eigenvalue weighted by Crippen LogP contribution is -2.47. The van der Waals surface area contributed by atoms with E-state index in [0.717, 1.165) is 34.7 Å². The number of likely N-dealkylation sites (tertiary alicyclic amines) is 1. The van der Waals surface area contributed by atoms with E-state index < -0.39 is 0 Å². The van der Waals surface area contributed by atoms with Gasteiger partial charge in [0.25, 0.3) is 0 Å². The molecule has 6 heteroatoms. The summed E-state index contributed by atoms with van der Waals surface area (Å²) >= 11 is 1.63. The highest BCUT2D eigenvalue weighted by molar-refractivity contribution is 8.13. The van der Waals surface area contributed by atoms with Gasteiger partial charge in [-0.2, -0.15) is 0 Å². The first-order chi connectivity index (χ1) is 13.2. The van der Waals surface area contributed by atoms with Gasteiger partial charge in [-0.25, -0.2) is 14.4 Å². The lowest BCUT2D eigenvalue weighted by Gasteiger charge is -2.41. The Kier molecular flexibility index (Phi) is 4.99. The van der Waals surface area contributed by atoms with Gasteiger partial charge in [-0.3, -0.25) is 0 Å². The number of pyridine rings is 1. The Morgan fingerprint density at radius 3 is 2.78 bits per heavy atom. The number of benzene rings is 2. The van der Waals surface area contributed by atoms with Crippen molar-refractivity contribution in [3.63, 3.8) is 0 Å². The van der Waals surface area contributed by atoms with Crippen molar-refractivity contribution in [3.05, 3.63) is 66.1 Å². The summed E-state index contributed by atoms with van der Waals surface area (Å²) < 4.78 is 18.6. The molecule has 0 bridgehead atoms. The third-order valence-electron chi connectivity index (χ3n) is 4.81. The fourth-order valence-electron chi connectivity index (χ4n) is 3.38. The predicted molar refractivity (Wildman–Crippen MR) is 110 cm³/mol. The van der Waals surface area contributed by atoms with Crippen LogP contribution in [0.15, 0.2) is 59.7 Å². The zero-order valence-electron chi connectivity index (χ0n) is 15.2. The third kappa shape index (κ3) is 3.62. The summed E-state index contributed by atoms with van der Waals surface area (Å²) in [5.74, 6) is 0.807. The predicted octanol–water partition coefficient (Wildman–Crippen LogP) is 4.83. The van der Waals surface area contributed by atoms with Crippen LogP contribution in [0.3, 0.4) is 0 Å². The average molecular weight is 381 g/mol. The van der Waals surface area contributed by atoms with E-state index >= 15 is 0 Å². The van der Waals surface area contributed by atoms with E-state index in [1.54, 1.807) is 31.1 Å². The minimum absolute atomic E-state index is 0.195. The first kappa shape index (κ1) is 17.8. The summed E-state index contributed by atoms with van der Waals surface area (Å²) in [6, 6.07) is 14.8. The molecule has 3 aromatic rings. The second-order valence-electron chi connectivity index (χ2n) is 6.47. The zero-order chi connectivity index (χ0) is 18.8. The van der Waals surface area contributed by atoms with E-state index in [0.29, 0.717) is 11.8 Å². The number of ether oxygens (including phenoxy) is 1. The minimum Gasteiger partial charge on any atom is -0.481 e. The van der Waals surface area contributed by atoms with Crippen LogP contribution in [0, 0.1) is 5.82 Å². The number of methoxy groups -OCH3 is 1. The molecule has 1 saturated heterocycles. The first-order valence-corrected chi connectivity index (χ1v) is 9.96. The highest BCUT2D eigenvalue weighted by atomic mass is 32.2. The molecule has 0 aliphatic carbocycles. The molecule has 1 aliphatic heterocycles. The van der Waals surface area contributed by atoms with Crippen molar-refractivity contribution in [1.29, 1.82) is 0 Å². The maximum absolute atomic E-state index is 13.5. The number of hydrogen-bond acceptors (Lipinski definition) is 4. The molecule has 2 heterocycles. The minimum atomic E-state index is -0.195. The fourth-order valence-corrected chi connectivity index (χ4v) is 3.99. The van der Waals surface area contributed by atoms with Crippen LogP contribution in [0.4, 0.5) is 10.1 Å². The van der Waals surface area contributed by atoms with Crippen LogP contribution < -0.4 is 4.74 Å². The van der Waals surface area contributed by atoms with Gasteiger partial charge >= 0.3 is 0 Å². The summed E-state index contributed by atoms with van der Waals surface area (Å²) in [4.78, 5) is 11.2. The largest absolute Gasteiger partial charge is 0.481 e. The molecule has 1 aromatic heterocycles. The Labute approximate surface area is 162 Å². The topological polar surface area (TPSA) is 37.7 Å². The number of hydrogen-bond donors (Lipinski definition) is 0. The number of amidine groups is 1. The van der Waals surface area contributed by atoms with Crippen molar-refractivity contribution in [2.45, 2.75) is 5.92 Å². The van der Waals surface area contributed by atoms with Gasteiger partial charge in [0.2, 0.25) is 5.88 Å². The molecular weight excluding hydrogens is 361 g/mol. The Morgan fingerprint density at radius 2 is 2.07 bits per heavy atom. The van der Waals surface area contributed by atoms with Gasteiger partial charge in [0.15, 0.2) is 5.17 Å². The Balaban J connectivity index is 1.51. The summed E-state index contributed by atoms with van der Waals surface area (Å²) in [6.07, 6.45) is 3.75. The van der Waals surface area contributed by atoms with Gasteiger partial charge in [-0.05, 0) is 40.8 Å². The molecule has 0 radical (unpaired) electrons. The second kappa shape index (κ2) is 7.56. The molecule has 0 N–H and O–H groups in total. The molecule has 27 heavy (non-hydrogen) atoms. The Morgan fingerprint density at radius 1 is 1.22 bits per heavy atom. The molecule has 1 aliphatic rings. The average Bonchev–Trinajstić information content (AvgIpc) is 2.66. The van der Waals surface area contributed by atoms with Crippen LogP contribution in [0.2, 0.25) is 0 Å². The molecule has 0 atom stereocenters. The normalized spacial score (nSPS) is 15.1.